The summed E-state index contributed by atoms with van der Waals surface area (Å²) in [6.45, 7) is 2.26. The van der Waals surface area contributed by atoms with Gasteiger partial charge in [-0.25, -0.2) is 9.18 Å². The first kappa shape index (κ1) is 18.2. The Bertz CT molecular complexity index is 900. The van der Waals surface area contributed by atoms with Crippen molar-refractivity contribution in [2.75, 3.05) is 18.0 Å². The Morgan fingerprint density at radius 1 is 0.929 bits per heavy atom. The predicted molar refractivity (Wildman–Crippen MR) is 106 cm³/mol. The van der Waals surface area contributed by atoms with Gasteiger partial charge in [-0.3, -0.25) is 9.69 Å². The number of amides is 3. The highest BCUT2D eigenvalue weighted by atomic mass is 19.1. The SMILES string of the molecule is O=C1NC(=Cc2ccc(N3CCCCC3)cc2)C(=O)N1Cc1ccc(F)cc1. The summed E-state index contributed by atoms with van der Waals surface area (Å²) < 4.78 is 13.0. The van der Waals surface area contributed by atoms with E-state index in [4.69, 9.17) is 0 Å². The van der Waals surface area contributed by atoms with E-state index in [1.807, 2.05) is 12.1 Å². The van der Waals surface area contributed by atoms with Crippen molar-refractivity contribution in [1.82, 2.24) is 10.2 Å². The second-order valence-corrected chi connectivity index (χ2v) is 7.15. The van der Waals surface area contributed by atoms with Crippen molar-refractivity contribution >= 4 is 23.7 Å². The molecule has 0 saturated carbocycles. The summed E-state index contributed by atoms with van der Waals surface area (Å²) in [7, 11) is 0. The fourth-order valence-corrected chi connectivity index (χ4v) is 3.59. The highest BCUT2D eigenvalue weighted by molar-refractivity contribution is 6.13. The van der Waals surface area contributed by atoms with Crippen molar-refractivity contribution in [1.29, 1.82) is 0 Å². The molecule has 2 fully saturated rings. The van der Waals surface area contributed by atoms with Gasteiger partial charge in [-0.2, -0.15) is 0 Å². The fraction of sp³-hybridized carbons (Fsp3) is 0.273. The molecule has 2 saturated heterocycles. The van der Waals surface area contributed by atoms with Gasteiger partial charge >= 0.3 is 6.03 Å². The van der Waals surface area contributed by atoms with Crippen LogP contribution in [0.15, 0.2) is 54.2 Å². The van der Waals surface area contributed by atoms with Gasteiger partial charge in [0.1, 0.15) is 11.5 Å². The molecule has 28 heavy (non-hydrogen) atoms. The lowest BCUT2D eigenvalue weighted by molar-refractivity contribution is -0.123. The molecule has 2 aromatic rings. The average molecular weight is 379 g/mol. The zero-order valence-electron chi connectivity index (χ0n) is 15.5. The Morgan fingerprint density at radius 3 is 2.29 bits per heavy atom. The standard InChI is InChI=1S/C22H22FN3O2/c23-18-8-4-17(5-9-18)15-26-21(27)20(24-22(26)28)14-16-6-10-19(11-7-16)25-12-2-1-3-13-25/h4-11,14H,1-3,12-13,15H2,(H,24,28). The number of halogens is 1. The molecule has 0 aromatic heterocycles. The summed E-state index contributed by atoms with van der Waals surface area (Å²) in [5.41, 5.74) is 2.98. The van der Waals surface area contributed by atoms with Crippen LogP contribution in [0.1, 0.15) is 30.4 Å². The van der Waals surface area contributed by atoms with Gasteiger partial charge in [-0.05, 0) is 60.7 Å². The van der Waals surface area contributed by atoms with Crippen LogP contribution in [-0.4, -0.2) is 29.9 Å². The number of benzene rings is 2. The molecule has 2 aliphatic heterocycles. The lowest BCUT2D eigenvalue weighted by atomic mass is 10.1. The molecule has 2 heterocycles. The summed E-state index contributed by atoms with van der Waals surface area (Å²) in [6.07, 6.45) is 5.41. The third-order valence-corrected chi connectivity index (χ3v) is 5.14. The van der Waals surface area contributed by atoms with Crippen molar-refractivity contribution in [2.45, 2.75) is 25.8 Å². The van der Waals surface area contributed by atoms with Crippen LogP contribution >= 0.6 is 0 Å². The van der Waals surface area contributed by atoms with Crippen LogP contribution in [-0.2, 0) is 11.3 Å². The number of nitrogens with one attached hydrogen (secondary N) is 1. The molecule has 6 heteroatoms. The quantitative estimate of drug-likeness (QED) is 0.647. The highest BCUT2D eigenvalue weighted by Gasteiger charge is 2.33. The normalized spacial score (nSPS) is 18.7. The first-order valence-corrected chi connectivity index (χ1v) is 9.54. The first-order valence-electron chi connectivity index (χ1n) is 9.54. The second-order valence-electron chi connectivity index (χ2n) is 7.15. The number of rotatable bonds is 4. The average Bonchev–Trinajstić information content (AvgIpc) is 2.98. The van der Waals surface area contributed by atoms with Gasteiger partial charge in [0.05, 0.1) is 6.54 Å². The van der Waals surface area contributed by atoms with Gasteiger partial charge in [-0.1, -0.05) is 24.3 Å². The molecule has 2 aliphatic rings. The van der Waals surface area contributed by atoms with E-state index >= 15 is 0 Å². The molecule has 0 atom stereocenters. The topological polar surface area (TPSA) is 52.7 Å². The number of nitrogens with zero attached hydrogens (tertiary/aromatic N) is 2. The number of anilines is 1. The third-order valence-electron chi connectivity index (χ3n) is 5.14. The zero-order valence-corrected chi connectivity index (χ0v) is 15.5. The smallest absolute Gasteiger partial charge is 0.329 e. The van der Waals surface area contributed by atoms with Gasteiger partial charge < -0.3 is 10.2 Å². The minimum absolute atomic E-state index is 0.107. The molecule has 2 aromatic carbocycles. The second kappa shape index (κ2) is 7.84. The molecule has 0 radical (unpaired) electrons. The fourth-order valence-electron chi connectivity index (χ4n) is 3.59. The van der Waals surface area contributed by atoms with Gasteiger partial charge in [0.2, 0.25) is 0 Å². The molecule has 3 amide bonds. The minimum atomic E-state index is -0.467. The molecule has 144 valence electrons. The van der Waals surface area contributed by atoms with Crippen molar-refractivity contribution in [3.8, 4) is 0 Å². The lowest BCUT2D eigenvalue weighted by Crippen LogP contribution is -2.30. The first-order chi connectivity index (χ1) is 13.6. The van der Waals surface area contributed by atoms with E-state index in [0.717, 1.165) is 23.6 Å². The summed E-state index contributed by atoms with van der Waals surface area (Å²) >= 11 is 0. The van der Waals surface area contributed by atoms with E-state index in [-0.39, 0.29) is 24.0 Å². The molecule has 0 unspecified atom stereocenters. The Kier molecular flexibility index (Phi) is 5.10. The molecule has 4 rings (SSSR count). The lowest BCUT2D eigenvalue weighted by Gasteiger charge is -2.28. The molecule has 0 spiro atoms. The van der Waals surface area contributed by atoms with Crippen LogP contribution in [0.3, 0.4) is 0 Å². The zero-order chi connectivity index (χ0) is 19.5. The van der Waals surface area contributed by atoms with Gasteiger partial charge in [0.25, 0.3) is 5.91 Å². The monoisotopic (exact) mass is 379 g/mol. The summed E-state index contributed by atoms with van der Waals surface area (Å²) in [5, 5.41) is 2.63. The van der Waals surface area contributed by atoms with Crippen LogP contribution in [0, 0.1) is 5.82 Å². The number of urea groups is 1. The van der Waals surface area contributed by atoms with E-state index in [1.54, 1.807) is 18.2 Å². The van der Waals surface area contributed by atoms with E-state index in [2.05, 4.69) is 22.3 Å². The number of carbonyl (C=O) groups excluding carboxylic acids is 2. The molecule has 0 bridgehead atoms. The molecular weight excluding hydrogens is 357 g/mol. The van der Waals surface area contributed by atoms with E-state index in [1.165, 1.54) is 37.1 Å². The molecule has 5 nitrogen and oxygen atoms in total. The molecule has 0 aliphatic carbocycles. The van der Waals surface area contributed by atoms with Crippen LogP contribution in [0.2, 0.25) is 0 Å². The maximum Gasteiger partial charge on any atom is 0.329 e. The van der Waals surface area contributed by atoms with E-state index in [9.17, 15) is 14.0 Å². The Labute approximate surface area is 163 Å². The van der Waals surface area contributed by atoms with Gasteiger partial charge in [-0.15, -0.1) is 0 Å². The molecular formula is C22H22FN3O2. The minimum Gasteiger partial charge on any atom is -0.372 e. The largest absolute Gasteiger partial charge is 0.372 e. The summed E-state index contributed by atoms with van der Waals surface area (Å²) in [5.74, 6) is -0.732. The Balaban J connectivity index is 1.46. The van der Waals surface area contributed by atoms with Gasteiger partial charge in [0.15, 0.2) is 0 Å². The number of hydrogen-bond donors (Lipinski definition) is 1. The van der Waals surface area contributed by atoms with Crippen molar-refractivity contribution < 1.29 is 14.0 Å². The van der Waals surface area contributed by atoms with Crippen LogP contribution < -0.4 is 10.2 Å². The van der Waals surface area contributed by atoms with Crippen molar-refractivity contribution in [3.63, 3.8) is 0 Å². The maximum atomic E-state index is 13.0. The predicted octanol–water partition coefficient (Wildman–Crippen LogP) is 3.91. The van der Waals surface area contributed by atoms with Crippen LogP contribution in [0.4, 0.5) is 14.9 Å². The Morgan fingerprint density at radius 2 is 1.61 bits per heavy atom. The third kappa shape index (κ3) is 3.91. The number of imide groups is 1. The highest BCUT2D eigenvalue weighted by Crippen LogP contribution is 2.22. The van der Waals surface area contributed by atoms with Crippen molar-refractivity contribution in [2.24, 2.45) is 0 Å². The maximum absolute atomic E-state index is 13.0. The van der Waals surface area contributed by atoms with Crippen molar-refractivity contribution in [3.05, 3.63) is 71.2 Å². The number of carbonyl (C=O) groups is 2. The van der Waals surface area contributed by atoms with Gasteiger partial charge in [0, 0.05) is 18.8 Å². The number of hydrogen-bond acceptors (Lipinski definition) is 3. The Hall–Kier alpha value is -3.15. The van der Waals surface area contributed by atoms with Crippen LogP contribution in [0.25, 0.3) is 6.08 Å². The summed E-state index contributed by atoms with van der Waals surface area (Å²) in [4.78, 5) is 28.3. The van der Waals surface area contributed by atoms with E-state index in [0.29, 0.717) is 5.56 Å². The summed E-state index contributed by atoms with van der Waals surface area (Å²) in [6, 6.07) is 13.3. The molecule has 1 N–H and O–H groups in total. The van der Waals surface area contributed by atoms with Crippen LogP contribution in [0.5, 0.6) is 0 Å². The van der Waals surface area contributed by atoms with E-state index < -0.39 is 6.03 Å². The number of piperidine rings is 1.